The maximum atomic E-state index is 5.76. The van der Waals surface area contributed by atoms with E-state index in [1.807, 2.05) is 0 Å². The van der Waals surface area contributed by atoms with Gasteiger partial charge in [0, 0.05) is 23.6 Å². The van der Waals surface area contributed by atoms with Crippen molar-refractivity contribution < 1.29 is 4.74 Å². The largest absolute Gasteiger partial charge is 0.493 e. The van der Waals surface area contributed by atoms with E-state index in [4.69, 9.17) is 4.74 Å². The molecular formula is C14H19NO. The molecule has 1 aliphatic carbocycles. The minimum Gasteiger partial charge on any atom is -0.493 e. The number of hydrogen-bond acceptors (Lipinski definition) is 2. The Balaban J connectivity index is 1.84. The van der Waals surface area contributed by atoms with Crippen molar-refractivity contribution in [1.29, 1.82) is 0 Å². The Bertz CT molecular complexity index is 373. The van der Waals surface area contributed by atoms with Gasteiger partial charge in [-0.2, -0.15) is 0 Å². The van der Waals surface area contributed by atoms with Crippen molar-refractivity contribution in [3.63, 3.8) is 0 Å². The van der Waals surface area contributed by atoms with E-state index < -0.39 is 0 Å². The highest BCUT2D eigenvalue weighted by Crippen LogP contribution is 2.36. The van der Waals surface area contributed by atoms with Gasteiger partial charge in [-0.15, -0.1) is 0 Å². The summed E-state index contributed by atoms with van der Waals surface area (Å²) in [5, 5.41) is 3.78. The van der Waals surface area contributed by atoms with E-state index in [2.05, 4.69) is 36.5 Å². The first-order valence-electron chi connectivity index (χ1n) is 6.32. The van der Waals surface area contributed by atoms with Crippen molar-refractivity contribution in [2.24, 2.45) is 5.92 Å². The number of hydrogen-bond donors (Lipinski definition) is 1. The van der Waals surface area contributed by atoms with E-state index in [0.29, 0.717) is 12.0 Å². The van der Waals surface area contributed by atoms with Crippen molar-refractivity contribution in [1.82, 2.24) is 5.32 Å². The number of ether oxygens (including phenoxy) is 1. The van der Waals surface area contributed by atoms with Crippen LogP contribution in [0.25, 0.3) is 0 Å². The van der Waals surface area contributed by atoms with Gasteiger partial charge < -0.3 is 10.1 Å². The predicted octanol–water partition coefficient (Wildman–Crippen LogP) is 2.90. The van der Waals surface area contributed by atoms with Gasteiger partial charge in [0.2, 0.25) is 0 Å². The average Bonchev–Trinajstić information content (AvgIpc) is 2.25. The molecule has 1 heterocycles. The normalized spacial score (nSPS) is 29.1. The van der Waals surface area contributed by atoms with Crippen LogP contribution in [0.4, 0.5) is 0 Å². The summed E-state index contributed by atoms with van der Waals surface area (Å²) in [5.41, 5.74) is 1.34. The summed E-state index contributed by atoms with van der Waals surface area (Å²) in [7, 11) is 0. The fourth-order valence-corrected chi connectivity index (χ4v) is 2.58. The molecule has 86 valence electrons. The molecule has 2 nitrogen and oxygen atoms in total. The third-order valence-corrected chi connectivity index (χ3v) is 3.85. The van der Waals surface area contributed by atoms with Crippen LogP contribution in [0.1, 0.15) is 37.8 Å². The minimum absolute atomic E-state index is 0.482. The van der Waals surface area contributed by atoms with Crippen molar-refractivity contribution in [3.8, 4) is 5.75 Å². The topological polar surface area (TPSA) is 21.3 Å². The second kappa shape index (κ2) is 4.10. The number of benzene rings is 1. The zero-order chi connectivity index (χ0) is 11.0. The van der Waals surface area contributed by atoms with E-state index in [9.17, 15) is 0 Å². The molecule has 2 atom stereocenters. The third-order valence-electron chi connectivity index (χ3n) is 3.85. The predicted molar refractivity (Wildman–Crippen MR) is 64.6 cm³/mol. The lowest BCUT2D eigenvalue weighted by Gasteiger charge is -2.37. The molecule has 1 fully saturated rings. The van der Waals surface area contributed by atoms with E-state index in [1.54, 1.807) is 0 Å². The van der Waals surface area contributed by atoms with Crippen molar-refractivity contribution >= 4 is 0 Å². The van der Waals surface area contributed by atoms with Crippen LogP contribution in [0.15, 0.2) is 24.3 Å². The Kier molecular flexibility index (Phi) is 2.60. The molecule has 0 bridgehead atoms. The smallest absolute Gasteiger partial charge is 0.124 e. The van der Waals surface area contributed by atoms with Gasteiger partial charge in [-0.1, -0.05) is 31.5 Å². The summed E-state index contributed by atoms with van der Waals surface area (Å²) in [6.07, 6.45) is 4.06. The average molecular weight is 217 g/mol. The fourth-order valence-electron chi connectivity index (χ4n) is 2.58. The molecule has 0 amide bonds. The SMILES string of the molecule is CC1COc2ccccc2C1NC1CCC1. The molecule has 0 radical (unpaired) electrons. The second-order valence-electron chi connectivity index (χ2n) is 5.10. The maximum Gasteiger partial charge on any atom is 0.124 e. The monoisotopic (exact) mass is 217 g/mol. The number of nitrogens with one attached hydrogen (secondary N) is 1. The Morgan fingerprint density at radius 2 is 2.06 bits per heavy atom. The van der Waals surface area contributed by atoms with Crippen molar-refractivity contribution in [3.05, 3.63) is 29.8 Å². The molecular weight excluding hydrogens is 198 g/mol. The van der Waals surface area contributed by atoms with Crippen LogP contribution < -0.4 is 10.1 Å². The van der Waals surface area contributed by atoms with Gasteiger partial charge in [0.05, 0.1) is 6.61 Å². The quantitative estimate of drug-likeness (QED) is 0.822. The Morgan fingerprint density at radius 1 is 1.25 bits per heavy atom. The number of para-hydroxylation sites is 1. The Morgan fingerprint density at radius 3 is 2.81 bits per heavy atom. The summed E-state index contributed by atoms with van der Waals surface area (Å²) < 4.78 is 5.76. The standard InChI is InChI=1S/C14H19NO/c1-10-9-16-13-8-3-2-7-12(13)14(10)15-11-5-4-6-11/h2-3,7-8,10-11,14-15H,4-6,9H2,1H3. The van der Waals surface area contributed by atoms with Gasteiger partial charge in [-0.05, 0) is 18.9 Å². The molecule has 0 saturated heterocycles. The highest BCUT2D eigenvalue weighted by molar-refractivity contribution is 5.38. The fraction of sp³-hybridized carbons (Fsp3) is 0.571. The first-order valence-corrected chi connectivity index (χ1v) is 6.32. The molecule has 3 rings (SSSR count). The van der Waals surface area contributed by atoms with Crippen LogP contribution in [-0.4, -0.2) is 12.6 Å². The third kappa shape index (κ3) is 1.71. The van der Waals surface area contributed by atoms with Crippen LogP contribution in [0.5, 0.6) is 5.75 Å². The lowest BCUT2D eigenvalue weighted by Crippen LogP contribution is -2.43. The van der Waals surface area contributed by atoms with E-state index in [-0.39, 0.29) is 0 Å². The van der Waals surface area contributed by atoms with Crippen LogP contribution in [0.2, 0.25) is 0 Å². The van der Waals surface area contributed by atoms with Crippen molar-refractivity contribution in [2.75, 3.05) is 6.61 Å². The van der Waals surface area contributed by atoms with Gasteiger partial charge in [0.15, 0.2) is 0 Å². The summed E-state index contributed by atoms with van der Waals surface area (Å²) in [6, 6.07) is 9.65. The molecule has 2 heteroatoms. The first-order chi connectivity index (χ1) is 7.84. The van der Waals surface area contributed by atoms with Gasteiger partial charge >= 0.3 is 0 Å². The van der Waals surface area contributed by atoms with Crippen molar-refractivity contribution in [2.45, 2.75) is 38.3 Å². The summed E-state index contributed by atoms with van der Waals surface area (Å²) in [4.78, 5) is 0. The first kappa shape index (κ1) is 10.2. The zero-order valence-corrected chi connectivity index (χ0v) is 9.78. The van der Waals surface area contributed by atoms with Gasteiger partial charge in [-0.25, -0.2) is 0 Å². The molecule has 0 aromatic heterocycles. The van der Waals surface area contributed by atoms with Crippen LogP contribution in [0, 0.1) is 5.92 Å². The molecule has 1 aromatic rings. The van der Waals surface area contributed by atoms with Gasteiger partial charge in [0.1, 0.15) is 5.75 Å². The van der Waals surface area contributed by atoms with E-state index in [0.717, 1.165) is 18.4 Å². The molecule has 1 aliphatic heterocycles. The molecule has 1 aromatic carbocycles. The summed E-state index contributed by atoms with van der Waals surface area (Å²) in [5.74, 6) is 1.63. The zero-order valence-electron chi connectivity index (χ0n) is 9.78. The van der Waals surface area contributed by atoms with Crippen LogP contribution >= 0.6 is 0 Å². The number of fused-ring (bicyclic) bond motifs is 1. The Hall–Kier alpha value is -1.02. The van der Waals surface area contributed by atoms with E-state index >= 15 is 0 Å². The lowest BCUT2D eigenvalue weighted by atomic mass is 9.87. The minimum atomic E-state index is 0.482. The molecule has 2 unspecified atom stereocenters. The molecule has 1 saturated carbocycles. The highest BCUT2D eigenvalue weighted by atomic mass is 16.5. The van der Waals surface area contributed by atoms with E-state index in [1.165, 1.54) is 24.8 Å². The molecule has 1 N–H and O–H groups in total. The lowest BCUT2D eigenvalue weighted by molar-refractivity contribution is 0.166. The maximum absolute atomic E-state index is 5.76. The highest BCUT2D eigenvalue weighted by Gasteiger charge is 2.30. The summed E-state index contributed by atoms with van der Waals surface area (Å²) in [6.45, 7) is 3.10. The molecule has 2 aliphatic rings. The second-order valence-corrected chi connectivity index (χ2v) is 5.10. The van der Waals surface area contributed by atoms with Gasteiger partial charge in [-0.3, -0.25) is 0 Å². The van der Waals surface area contributed by atoms with Gasteiger partial charge in [0.25, 0.3) is 0 Å². The van der Waals surface area contributed by atoms with Crippen LogP contribution in [-0.2, 0) is 0 Å². The summed E-state index contributed by atoms with van der Waals surface area (Å²) >= 11 is 0. The van der Waals surface area contributed by atoms with Crippen LogP contribution in [0.3, 0.4) is 0 Å². The number of rotatable bonds is 2. The molecule has 0 spiro atoms. The molecule has 16 heavy (non-hydrogen) atoms. The Labute approximate surface area is 97.0 Å².